The van der Waals surface area contributed by atoms with Gasteiger partial charge in [-0.05, 0) is 56.6 Å². The lowest BCUT2D eigenvalue weighted by atomic mass is 10.2. The normalized spacial score (nSPS) is 16.4. The summed E-state index contributed by atoms with van der Waals surface area (Å²) in [7, 11) is 0. The first-order valence-electron chi connectivity index (χ1n) is 6.84. The summed E-state index contributed by atoms with van der Waals surface area (Å²) in [6.07, 6.45) is 5.81. The summed E-state index contributed by atoms with van der Waals surface area (Å²) in [4.78, 5) is 5.72. The Kier molecular flexibility index (Phi) is 3.51. The molecule has 3 heteroatoms. The summed E-state index contributed by atoms with van der Waals surface area (Å²) in [6, 6.07) is 8.29. The van der Waals surface area contributed by atoms with Gasteiger partial charge in [0.05, 0.1) is 6.61 Å². The van der Waals surface area contributed by atoms with Crippen LogP contribution >= 0.6 is 0 Å². The molecule has 1 saturated heterocycles. The molecule has 1 fully saturated rings. The minimum absolute atomic E-state index is 0.812. The Morgan fingerprint density at radius 2 is 2.06 bits per heavy atom. The maximum absolute atomic E-state index is 5.80. The van der Waals surface area contributed by atoms with Gasteiger partial charge in [0, 0.05) is 23.6 Å². The Morgan fingerprint density at radius 3 is 2.94 bits per heavy atom. The minimum Gasteiger partial charge on any atom is -0.494 e. The predicted octanol–water partition coefficient (Wildman–Crippen LogP) is 3.03. The average molecular weight is 244 g/mol. The molecule has 0 atom stereocenters. The van der Waals surface area contributed by atoms with E-state index in [1.54, 1.807) is 0 Å². The third-order valence-corrected chi connectivity index (χ3v) is 3.61. The number of nitrogens with one attached hydrogen (secondary N) is 1. The van der Waals surface area contributed by atoms with E-state index in [4.69, 9.17) is 4.74 Å². The van der Waals surface area contributed by atoms with Crippen LogP contribution in [0.1, 0.15) is 19.3 Å². The van der Waals surface area contributed by atoms with Gasteiger partial charge in [-0.1, -0.05) is 0 Å². The highest BCUT2D eigenvalue weighted by molar-refractivity contribution is 5.80. The molecule has 0 radical (unpaired) electrons. The molecule has 0 bridgehead atoms. The molecule has 3 nitrogen and oxygen atoms in total. The summed E-state index contributed by atoms with van der Waals surface area (Å²) < 4.78 is 5.80. The van der Waals surface area contributed by atoms with Crippen LogP contribution in [0.15, 0.2) is 30.5 Å². The Balaban J connectivity index is 1.47. The molecule has 96 valence electrons. The molecule has 0 amide bonds. The van der Waals surface area contributed by atoms with Crippen LogP contribution in [0.25, 0.3) is 10.9 Å². The van der Waals surface area contributed by atoms with E-state index >= 15 is 0 Å². The zero-order chi connectivity index (χ0) is 12.2. The average Bonchev–Trinajstić information content (AvgIpc) is 3.05. The van der Waals surface area contributed by atoms with Crippen molar-refractivity contribution in [1.29, 1.82) is 0 Å². The van der Waals surface area contributed by atoms with Crippen LogP contribution < -0.4 is 4.74 Å². The fraction of sp³-hybridized carbons (Fsp3) is 0.467. The fourth-order valence-corrected chi connectivity index (χ4v) is 2.61. The molecular formula is C15H20N2O. The molecular weight excluding hydrogens is 224 g/mol. The number of hydrogen-bond acceptors (Lipinski definition) is 2. The molecule has 2 aromatic rings. The second-order valence-corrected chi connectivity index (χ2v) is 4.98. The molecule has 3 rings (SSSR count). The smallest absolute Gasteiger partial charge is 0.120 e. The third kappa shape index (κ3) is 2.67. The van der Waals surface area contributed by atoms with Crippen molar-refractivity contribution in [2.24, 2.45) is 0 Å². The molecule has 0 saturated carbocycles. The summed E-state index contributed by atoms with van der Waals surface area (Å²) >= 11 is 0. The minimum atomic E-state index is 0.812. The summed E-state index contributed by atoms with van der Waals surface area (Å²) in [5, 5.41) is 1.21. The molecule has 1 aliphatic rings. The van der Waals surface area contributed by atoms with Crippen molar-refractivity contribution < 1.29 is 4.74 Å². The van der Waals surface area contributed by atoms with Gasteiger partial charge in [0.2, 0.25) is 0 Å². The summed E-state index contributed by atoms with van der Waals surface area (Å²) in [5.41, 5.74) is 1.17. The lowest BCUT2D eigenvalue weighted by molar-refractivity contribution is 0.263. The van der Waals surface area contributed by atoms with Gasteiger partial charge in [-0.15, -0.1) is 0 Å². The number of rotatable bonds is 5. The number of nitrogens with zero attached hydrogens (tertiary/aromatic N) is 1. The third-order valence-electron chi connectivity index (χ3n) is 3.61. The first-order chi connectivity index (χ1) is 8.92. The lowest BCUT2D eigenvalue weighted by Gasteiger charge is -2.14. The summed E-state index contributed by atoms with van der Waals surface area (Å²) in [5.74, 6) is 0.975. The van der Waals surface area contributed by atoms with E-state index in [9.17, 15) is 0 Å². The number of aromatic nitrogens is 1. The van der Waals surface area contributed by atoms with Crippen LogP contribution in [0.4, 0.5) is 0 Å². The molecule has 0 aliphatic carbocycles. The monoisotopic (exact) mass is 244 g/mol. The van der Waals surface area contributed by atoms with Crippen molar-refractivity contribution in [3.05, 3.63) is 30.5 Å². The predicted molar refractivity (Wildman–Crippen MR) is 74.1 cm³/mol. The molecule has 2 heterocycles. The second-order valence-electron chi connectivity index (χ2n) is 4.98. The zero-order valence-electron chi connectivity index (χ0n) is 10.7. The van der Waals surface area contributed by atoms with Crippen molar-refractivity contribution in [2.45, 2.75) is 19.3 Å². The Morgan fingerprint density at radius 1 is 1.17 bits per heavy atom. The first kappa shape index (κ1) is 11.6. The first-order valence-corrected chi connectivity index (χ1v) is 6.84. The fourth-order valence-electron chi connectivity index (χ4n) is 2.61. The number of benzene rings is 1. The molecule has 18 heavy (non-hydrogen) atoms. The molecule has 1 aromatic carbocycles. The van der Waals surface area contributed by atoms with Crippen molar-refractivity contribution in [1.82, 2.24) is 9.88 Å². The van der Waals surface area contributed by atoms with Crippen LogP contribution in [0, 0.1) is 0 Å². The molecule has 1 N–H and O–H groups in total. The van der Waals surface area contributed by atoms with Crippen molar-refractivity contribution >= 4 is 10.9 Å². The SMILES string of the molecule is c1cc2cc(OCCCN3CCCC3)ccc2[nH]1. The van der Waals surface area contributed by atoms with Gasteiger partial charge in [0.15, 0.2) is 0 Å². The highest BCUT2D eigenvalue weighted by Gasteiger charge is 2.10. The van der Waals surface area contributed by atoms with Gasteiger partial charge < -0.3 is 14.6 Å². The van der Waals surface area contributed by atoms with Crippen LogP contribution in [-0.4, -0.2) is 36.1 Å². The van der Waals surface area contributed by atoms with E-state index in [1.807, 2.05) is 12.3 Å². The van der Waals surface area contributed by atoms with Gasteiger partial charge in [-0.2, -0.15) is 0 Å². The van der Waals surface area contributed by atoms with Gasteiger partial charge in [0.1, 0.15) is 5.75 Å². The van der Waals surface area contributed by atoms with E-state index in [-0.39, 0.29) is 0 Å². The largest absolute Gasteiger partial charge is 0.494 e. The Bertz CT molecular complexity index is 500. The van der Waals surface area contributed by atoms with Crippen molar-refractivity contribution in [3.63, 3.8) is 0 Å². The number of aromatic amines is 1. The standard InChI is InChI=1S/C15H20N2O/c1-2-9-17(8-1)10-3-11-18-14-4-5-15-13(12-14)6-7-16-15/h4-7,12,16H,1-3,8-11H2. The highest BCUT2D eigenvalue weighted by Crippen LogP contribution is 2.19. The maximum atomic E-state index is 5.80. The maximum Gasteiger partial charge on any atom is 0.120 e. The number of ether oxygens (including phenoxy) is 1. The van der Waals surface area contributed by atoms with Crippen LogP contribution in [0.2, 0.25) is 0 Å². The number of likely N-dealkylation sites (tertiary alicyclic amines) is 1. The second kappa shape index (κ2) is 5.44. The Hall–Kier alpha value is -1.48. The quantitative estimate of drug-likeness (QED) is 0.819. The Labute approximate surface area is 108 Å². The molecule has 1 aromatic heterocycles. The number of hydrogen-bond donors (Lipinski definition) is 1. The van der Waals surface area contributed by atoms with Crippen LogP contribution in [-0.2, 0) is 0 Å². The van der Waals surface area contributed by atoms with Crippen molar-refractivity contribution in [2.75, 3.05) is 26.2 Å². The van der Waals surface area contributed by atoms with Gasteiger partial charge in [-0.25, -0.2) is 0 Å². The van der Waals surface area contributed by atoms with E-state index < -0.39 is 0 Å². The van der Waals surface area contributed by atoms with E-state index in [0.717, 1.165) is 18.8 Å². The molecule has 1 aliphatic heterocycles. The van der Waals surface area contributed by atoms with Gasteiger partial charge in [0.25, 0.3) is 0 Å². The van der Waals surface area contributed by atoms with Gasteiger partial charge in [-0.3, -0.25) is 0 Å². The number of H-pyrrole nitrogens is 1. The number of fused-ring (bicyclic) bond motifs is 1. The summed E-state index contributed by atoms with van der Waals surface area (Å²) in [6.45, 7) is 4.53. The van der Waals surface area contributed by atoms with Crippen molar-refractivity contribution in [3.8, 4) is 5.75 Å². The van der Waals surface area contributed by atoms with E-state index in [2.05, 4.69) is 28.1 Å². The topological polar surface area (TPSA) is 28.3 Å². The molecule has 0 spiro atoms. The highest BCUT2D eigenvalue weighted by atomic mass is 16.5. The van der Waals surface area contributed by atoms with Crippen LogP contribution in [0.5, 0.6) is 5.75 Å². The van der Waals surface area contributed by atoms with Gasteiger partial charge >= 0.3 is 0 Å². The van der Waals surface area contributed by atoms with E-state index in [1.165, 1.54) is 43.4 Å². The zero-order valence-corrected chi connectivity index (χ0v) is 10.7. The van der Waals surface area contributed by atoms with Crippen LogP contribution in [0.3, 0.4) is 0 Å². The molecule has 0 unspecified atom stereocenters. The van der Waals surface area contributed by atoms with E-state index in [0.29, 0.717) is 0 Å². The lowest BCUT2D eigenvalue weighted by Crippen LogP contribution is -2.21.